The van der Waals surface area contributed by atoms with Gasteiger partial charge in [-0.3, -0.25) is 30.6 Å². The number of thiophene rings is 1. The van der Waals surface area contributed by atoms with Crippen molar-refractivity contribution in [1.29, 1.82) is 0 Å². The molecule has 0 radical (unpaired) electrons. The molecule has 10 heteroatoms. The summed E-state index contributed by atoms with van der Waals surface area (Å²) in [6.07, 6.45) is 0. The third-order valence-corrected chi connectivity index (χ3v) is 4.02. The molecule has 7 nitrogen and oxygen atoms in total. The van der Waals surface area contributed by atoms with Crippen LogP contribution in [-0.2, 0) is 0 Å². The van der Waals surface area contributed by atoms with Crippen LogP contribution >= 0.6 is 34.5 Å². The number of halogens is 2. The van der Waals surface area contributed by atoms with Gasteiger partial charge in [0.25, 0.3) is 17.5 Å². The lowest BCUT2D eigenvalue weighted by Gasteiger charge is -2.06. The fourth-order valence-electron chi connectivity index (χ4n) is 1.48. The van der Waals surface area contributed by atoms with Gasteiger partial charge in [-0.05, 0) is 18.2 Å². The standard InChI is InChI=1S/C12H7Cl2N3O4S/c13-9-5-8(10(14)22-9)12(19)16-15-11(18)6-1-3-7(4-2-6)17(20)21/h1-5H,(H,15,18)(H,16,19). The summed E-state index contributed by atoms with van der Waals surface area (Å²) in [5.41, 5.74) is 4.51. The van der Waals surface area contributed by atoms with E-state index in [1.165, 1.54) is 30.3 Å². The van der Waals surface area contributed by atoms with E-state index in [0.29, 0.717) is 4.34 Å². The molecule has 0 atom stereocenters. The van der Waals surface area contributed by atoms with Gasteiger partial charge in [-0.1, -0.05) is 23.2 Å². The number of hydrogen-bond acceptors (Lipinski definition) is 5. The van der Waals surface area contributed by atoms with Gasteiger partial charge in [0, 0.05) is 17.7 Å². The molecule has 0 aliphatic heterocycles. The summed E-state index contributed by atoms with van der Waals surface area (Å²) in [6.45, 7) is 0. The number of nitro groups is 1. The number of nitrogens with one attached hydrogen (secondary N) is 2. The maximum Gasteiger partial charge on any atom is 0.272 e. The maximum atomic E-state index is 11.8. The quantitative estimate of drug-likeness (QED) is 0.649. The number of hydrogen-bond donors (Lipinski definition) is 2. The first-order valence-corrected chi connectivity index (χ1v) is 7.25. The normalized spacial score (nSPS) is 10.1. The van der Waals surface area contributed by atoms with Gasteiger partial charge in [0.1, 0.15) is 4.34 Å². The Morgan fingerprint density at radius 3 is 2.18 bits per heavy atom. The predicted molar refractivity (Wildman–Crippen MR) is 82.4 cm³/mol. The minimum absolute atomic E-state index is 0.139. The first-order valence-electron chi connectivity index (χ1n) is 5.68. The largest absolute Gasteiger partial charge is 0.272 e. The minimum Gasteiger partial charge on any atom is -0.267 e. The summed E-state index contributed by atoms with van der Waals surface area (Å²) >= 11 is 12.6. The molecule has 22 heavy (non-hydrogen) atoms. The van der Waals surface area contributed by atoms with E-state index in [1.807, 2.05) is 0 Å². The van der Waals surface area contributed by atoms with Gasteiger partial charge < -0.3 is 0 Å². The van der Waals surface area contributed by atoms with E-state index in [0.717, 1.165) is 11.3 Å². The van der Waals surface area contributed by atoms with Crippen LogP contribution < -0.4 is 10.9 Å². The molecule has 1 aromatic carbocycles. The van der Waals surface area contributed by atoms with Crippen LogP contribution in [0.5, 0.6) is 0 Å². The molecule has 0 bridgehead atoms. The Balaban J connectivity index is 1.99. The van der Waals surface area contributed by atoms with Gasteiger partial charge in [0.05, 0.1) is 14.8 Å². The van der Waals surface area contributed by atoms with Crippen LogP contribution in [0, 0.1) is 10.1 Å². The Labute approximate surface area is 138 Å². The SMILES string of the molecule is O=C(NNC(=O)c1cc(Cl)sc1Cl)c1ccc([N+](=O)[O-])cc1. The third-order valence-electron chi connectivity index (χ3n) is 2.53. The van der Waals surface area contributed by atoms with E-state index in [9.17, 15) is 19.7 Å². The number of benzene rings is 1. The van der Waals surface area contributed by atoms with E-state index in [2.05, 4.69) is 10.9 Å². The average molecular weight is 360 g/mol. The van der Waals surface area contributed by atoms with E-state index in [-0.39, 0.29) is 21.2 Å². The van der Waals surface area contributed by atoms with E-state index in [4.69, 9.17) is 23.2 Å². The summed E-state index contributed by atoms with van der Waals surface area (Å²) in [6, 6.07) is 6.29. The summed E-state index contributed by atoms with van der Waals surface area (Å²) in [7, 11) is 0. The second kappa shape index (κ2) is 6.73. The Kier molecular flexibility index (Phi) is 4.96. The first-order chi connectivity index (χ1) is 10.4. The number of hydrazine groups is 1. The molecule has 2 N–H and O–H groups in total. The Bertz CT molecular complexity index is 745. The van der Waals surface area contributed by atoms with Gasteiger partial charge in [-0.2, -0.15) is 0 Å². The molecule has 1 heterocycles. The smallest absolute Gasteiger partial charge is 0.267 e. The van der Waals surface area contributed by atoms with E-state index >= 15 is 0 Å². The van der Waals surface area contributed by atoms with Gasteiger partial charge in [-0.25, -0.2) is 0 Å². The lowest BCUT2D eigenvalue weighted by Crippen LogP contribution is -2.41. The molecule has 2 rings (SSSR count). The van der Waals surface area contributed by atoms with Crippen molar-refractivity contribution in [3.63, 3.8) is 0 Å². The third kappa shape index (κ3) is 3.73. The highest BCUT2D eigenvalue weighted by atomic mass is 35.5. The number of carbonyl (C=O) groups excluding carboxylic acids is 2. The molecule has 0 spiro atoms. The molecule has 0 fully saturated rings. The molecule has 114 valence electrons. The fourth-order valence-corrected chi connectivity index (χ4v) is 2.94. The molecule has 0 saturated carbocycles. The van der Waals surface area contributed by atoms with Crippen LogP contribution in [0.2, 0.25) is 8.67 Å². The molecule has 0 aliphatic carbocycles. The molecular formula is C12H7Cl2N3O4S. The fraction of sp³-hybridized carbons (Fsp3) is 0. The van der Waals surface area contributed by atoms with Gasteiger partial charge >= 0.3 is 0 Å². The Hall–Kier alpha value is -2.16. The molecule has 0 aliphatic rings. The van der Waals surface area contributed by atoms with Crippen molar-refractivity contribution in [1.82, 2.24) is 10.9 Å². The highest BCUT2D eigenvalue weighted by Crippen LogP contribution is 2.30. The summed E-state index contributed by atoms with van der Waals surface area (Å²) in [5, 5.41) is 10.5. The van der Waals surface area contributed by atoms with E-state index in [1.54, 1.807) is 0 Å². The van der Waals surface area contributed by atoms with Crippen LogP contribution in [0.25, 0.3) is 0 Å². The zero-order valence-electron chi connectivity index (χ0n) is 10.6. The van der Waals surface area contributed by atoms with Crippen molar-refractivity contribution in [3.8, 4) is 0 Å². The topological polar surface area (TPSA) is 101 Å². The maximum absolute atomic E-state index is 11.8. The molecule has 2 aromatic rings. The van der Waals surface area contributed by atoms with Crippen LogP contribution in [0.3, 0.4) is 0 Å². The van der Waals surface area contributed by atoms with E-state index < -0.39 is 16.7 Å². The van der Waals surface area contributed by atoms with Crippen molar-refractivity contribution in [2.24, 2.45) is 0 Å². The molecule has 2 amide bonds. The van der Waals surface area contributed by atoms with Gasteiger partial charge in [0.15, 0.2) is 0 Å². The Morgan fingerprint density at radius 2 is 1.68 bits per heavy atom. The number of carbonyl (C=O) groups is 2. The number of nitro benzene ring substituents is 1. The second-order valence-electron chi connectivity index (χ2n) is 3.95. The first kappa shape index (κ1) is 16.2. The highest BCUT2D eigenvalue weighted by molar-refractivity contribution is 7.20. The molecule has 1 aromatic heterocycles. The lowest BCUT2D eigenvalue weighted by molar-refractivity contribution is -0.384. The van der Waals surface area contributed by atoms with Crippen molar-refractivity contribution in [2.75, 3.05) is 0 Å². The van der Waals surface area contributed by atoms with Crippen molar-refractivity contribution in [2.45, 2.75) is 0 Å². The minimum atomic E-state index is -0.624. The van der Waals surface area contributed by atoms with Crippen LogP contribution in [-0.4, -0.2) is 16.7 Å². The van der Waals surface area contributed by atoms with Crippen molar-refractivity contribution < 1.29 is 14.5 Å². The molecule has 0 saturated heterocycles. The van der Waals surface area contributed by atoms with Gasteiger partial charge in [-0.15, -0.1) is 11.3 Å². The number of amides is 2. The lowest BCUT2D eigenvalue weighted by atomic mass is 10.2. The average Bonchev–Trinajstić information content (AvgIpc) is 2.83. The Morgan fingerprint density at radius 1 is 1.09 bits per heavy atom. The highest BCUT2D eigenvalue weighted by Gasteiger charge is 2.15. The van der Waals surface area contributed by atoms with Crippen molar-refractivity contribution >= 4 is 52.0 Å². The number of rotatable bonds is 3. The van der Waals surface area contributed by atoms with Crippen LogP contribution in [0.4, 0.5) is 5.69 Å². The number of non-ortho nitro benzene ring substituents is 1. The van der Waals surface area contributed by atoms with Gasteiger partial charge in [0.2, 0.25) is 0 Å². The monoisotopic (exact) mass is 359 g/mol. The summed E-state index contributed by atoms with van der Waals surface area (Å²) < 4.78 is 0.545. The second-order valence-corrected chi connectivity index (χ2v) is 6.24. The van der Waals surface area contributed by atoms with Crippen molar-refractivity contribution in [3.05, 3.63) is 60.2 Å². The van der Waals surface area contributed by atoms with Crippen LogP contribution in [0.15, 0.2) is 30.3 Å². The summed E-state index contributed by atoms with van der Waals surface area (Å²) in [4.78, 5) is 33.5. The molecule has 0 unspecified atom stereocenters. The zero-order chi connectivity index (χ0) is 16.3. The predicted octanol–water partition coefficient (Wildman–Crippen LogP) is 3.04. The zero-order valence-corrected chi connectivity index (χ0v) is 13.0. The molecular weight excluding hydrogens is 353 g/mol. The summed E-state index contributed by atoms with van der Waals surface area (Å²) in [5.74, 6) is -1.25. The van der Waals surface area contributed by atoms with Crippen LogP contribution in [0.1, 0.15) is 20.7 Å². The number of nitrogens with zero attached hydrogens (tertiary/aromatic N) is 1.